The molecular weight excluding hydrogens is 308 g/mol. The predicted octanol–water partition coefficient (Wildman–Crippen LogP) is 2.00. The molecule has 5 heteroatoms. The Morgan fingerprint density at radius 3 is 2.84 bits per heavy atom. The van der Waals surface area contributed by atoms with Crippen LogP contribution in [0, 0.1) is 0 Å². The van der Waals surface area contributed by atoms with Gasteiger partial charge in [0.15, 0.2) is 0 Å². The van der Waals surface area contributed by atoms with E-state index in [1.165, 1.54) is 5.56 Å². The molecule has 0 amide bonds. The van der Waals surface area contributed by atoms with Crippen molar-refractivity contribution < 1.29 is 9.84 Å². The van der Waals surface area contributed by atoms with E-state index in [0.717, 1.165) is 29.8 Å². The summed E-state index contributed by atoms with van der Waals surface area (Å²) >= 11 is 3.51. The Kier molecular flexibility index (Phi) is 8.05. The maximum atomic E-state index is 9.15. The average Bonchev–Trinajstić information content (AvgIpc) is 2.42. The van der Waals surface area contributed by atoms with E-state index in [2.05, 4.69) is 45.2 Å². The quantitative estimate of drug-likeness (QED) is 0.680. The van der Waals surface area contributed by atoms with Crippen molar-refractivity contribution >= 4 is 21.6 Å². The lowest BCUT2D eigenvalue weighted by atomic mass is 10.1. The van der Waals surface area contributed by atoms with E-state index in [1.807, 2.05) is 6.07 Å². The Morgan fingerprint density at radius 1 is 1.42 bits per heavy atom. The molecule has 1 aromatic carbocycles. The van der Waals surface area contributed by atoms with Crippen molar-refractivity contribution in [3.63, 3.8) is 0 Å². The molecule has 0 fully saturated rings. The highest BCUT2D eigenvalue weighted by atomic mass is 79.9. The van der Waals surface area contributed by atoms with Crippen molar-refractivity contribution in [2.24, 2.45) is 0 Å². The van der Waals surface area contributed by atoms with Gasteiger partial charge in [-0.25, -0.2) is 0 Å². The zero-order valence-corrected chi connectivity index (χ0v) is 13.2. The molecule has 0 unspecified atom stereocenters. The van der Waals surface area contributed by atoms with Gasteiger partial charge in [0.25, 0.3) is 0 Å². The minimum Gasteiger partial charge on any atom is -0.395 e. The Labute approximate surface area is 123 Å². The van der Waals surface area contributed by atoms with Crippen molar-refractivity contribution in [1.29, 1.82) is 0 Å². The number of likely N-dealkylation sites (N-methyl/N-ethyl adjacent to an activating group) is 1. The van der Waals surface area contributed by atoms with Crippen LogP contribution in [0.2, 0.25) is 0 Å². The summed E-state index contributed by atoms with van der Waals surface area (Å²) in [6, 6.07) is 6.26. The monoisotopic (exact) mass is 330 g/mol. The van der Waals surface area contributed by atoms with E-state index in [-0.39, 0.29) is 6.61 Å². The molecule has 19 heavy (non-hydrogen) atoms. The van der Waals surface area contributed by atoms with Crippen LogP contribution in [0.5, 0.6) is 0 Å². The van der Waals surface area contributed by atoms with Crippen LogP contribution in [0.25, 0.3) is 0 Å². The van der Waals surface area contributed by atoms with Gasteiger partial charge in [-0.1, -0.05) is 22.0 Å². The van der Waals surface area contributed by atoms with Crippen molar-refractivity contribution in [1.82, 2.24) is 5.32 Å². The maximum absolute atomic E-state index is 9.15. The van der Waals surface area contributed by atoms with Gasteiger partial charge in [-0.05, 0) is 24.6 Å². The lowest BCUT2D eigenvalue weighted by Crippen LogP contribution is -2.28. The molecule has 0 aliphatic carbocycles. The maximum Gasteiger partial charge on any atom is 0.0606 e. The first-order valence-corrected chi connectivity index (χ1v) is 7.36. The van der Waals surface area contributed by atoms with E-state index in [4.69, 9.17) is 9.84 Å². The second-order valence-electron chi connectivity index (χ2n) is 4.25. The van der Waals surface area contributed by atoms with Crippen LogP contribution in [-0.4, -0.2) is 45.1 Å². The lowest BCUT2D eigenvalue weighted by Gasteiger charge is -2.25. The second-order valence-corrected chi connectivity index (χ2v) is 5.16. The van der Waals surface area contributed by atoms with Gasteiger partial charge >= 0.3 is 0 Å². The number of methoxy groups -OCH3 is 1. The Hall–Kier alpha value is -0.620. The molecule has 0 spiro atoms. The third-order valence-electron chi connectivity index (χ3n) is 2.94. The lowest BCUT2D eigenvalue weighted by molar-refractivity contribution is 0.199. The van der Waals surface area contributed by atoms with E-state index >= 15 is 0 Å². The number of benzene rings is 1. The Bertz CT molecular complexity index is 374. The largest absolute Gasteiger partial charge is 0.395 e. The van der Waals surface area contributed by atoms with E-state index in [1.54, 1.807) is 7.11 Å². The number of nitrogens with one attached hydrogen (secondary N) is 1. The number of aliphatic hydroxyl groups excluding tert-OH is 1. The van der Waals surface area contributed by atoms with Crippen LogP contribution in [0.15, 0.2) is 22.7 Å². The van der Waals surface area contributed by atoms with Crippen LogP contribution >= 0.6 is 15.9 Å². The van der Waals surface area contributed by atoms with E-state index in [0.29, 0.717) is 13.2 Å². The van der Waals surface area contributed by atoms with Crippen LogP contribution in [-0.2, 0) is 11.3 Å². The van der Waals surface area contributed by atoms with Gasteiger partial charge in [-0.2, -0.15) is 0 Å². The summed E-state index contributed by atoms with van der Waals surface area (Å²) < 4.78 is 6.08. The number of hydrogen-bond donors (Lipinski definition) is 2. The molecule has 2 N–H and O–H groups in total. The summed E-state index contributed by atoms with van der Waals surface area (Å²) in [5, 5.41) is 12.5. The summed E-state index contributed by atoms with van der Waals surface area (Å²) in [6.45, 7) is 6.13. The minimum absolute atomic E-state index is 0.164. The number of ether oxygens (including phenoxy) is 1. The fraction of sp³-hybridized carbons (Fsp3) is 0.571. The van der Waals surface area contributed by atoms with Crippen LogP contribution in [0.3, 0.4) is 0 Å². The topological polar surface area (TPSA) is 44.7 Å². The van der Waals surface area contributed by atoms with Gasteiger partial charge in [0.05, 0.1) is 13.2 Å². The summed E-state index contributed by atoms with van der Waals surface area (Å²) in [5.41, 5.74) is 2.39. The zero-order chi connectivity index (χ0) is 14.1. The second kappa shape index (κ2) is 9.31. The number of anilines is 1. The molecule has 0 saturated carbocycles. The third-order valence-corrected chi connectivity index (χ3v) is 3.43. The van der Waals surface area contributed by atoms with Crippen LogP contribution in [0.1, 0.15) is 12.5 Å². The van der Waals surface area contributed by atoms with Gasteiger partial charge in [-0.15, -0.1) is 0 Å². The van der Waals surface area contributed by atoms with Gasteiger partial charge in [0.2, 0.25) is 0 Å². The zero-order valence-electron chi connectivity index (χ0n) is 11.7. The number of halogens is 1. The summed E-state index contributed by atoms with van der Waals surface area (Å²) in [7, 11) is 1.70. The standard InChI is InChI=1S/C14H23BrN2O2/c1-3-17(7-8-18)14-10-13(15)5-4-12(14)11-16-6-9-19-2/h4-5,10,16,18H,3,6-9,11H2,1-2H3. The predicted molar refractivity (Wildman–Crippen MR) is 82.7 cm³/mol. The van der Waals surface area contributed by atoms with Crippen molar-refractivity contribution in [2.45, 2.75) is 13.5 Å². The summed E-state index contributed by atoms with van der Waals surface area (Å²) in [6.07, 6.45) is 0. The fourth-order valence-electron chi connectivity index (χ4n) is 1.95. The highest BCUT2D eigenvalue weighted by Crippen LogP contribution is 2.25. The molecule has 4 nitrogen and oxygen atoms in total. The Balaban J connectivity index is 2.78. The van der Waals surface area contributed by atoms with E-state index < -0.39 is 0 Å². The molecule has 0 atom stereocenters. The summed E-state index contributed by atoms with van der Waals surface area (Å²) in [4.78, 5) is 2.18. The molecule has 0 heterocycles. The van der Waals surface area contributed by atoms with Crippen molar-refractivity contribution in [2.75, 3.05) is 44.9 Å². The fourth-order valence-corrected chi connectivity index (χ4v) is 2.30. The van der Waals surface area contributed by atoms with Gasteiger partial charge < -0.3 is 20.1 Å². The van der Waals surface area contributed by atoms with Crippen molar-refractivity contribution in [3.8, 4) is 0 Å². The average molecular weight is 331 g/mol. The van der Waals surface area contributed by atoms with Crippen LogP contribution in [0.4, 0.5) is 5.69 Å². The number of aliphatic hydroxyl groups is 1. The minimum atomic E-state index is 0.164. The normalized spacial score (nSPS) is 10.7. The molecule has 0 radical (unpaired) electrons. The number of nitrogens with zero attached hydrogens (tertiary/aromatic N) is 1. The third kappa shape index (κ3) is 5.48. The first-order chi connectivity index (χ1) is 9.22. The number of rotatable bonds is 9. The molecule has 0 aromatic heterocycles. The van der Waals surface area contributed by atoms with Gasteiger partial charge in [0.1, 0.15) is 0 Å². The van der Waals surface area contributed by atoms with Crippen molar-refractivity contribution in [3.05, 3.63) is 28.2 Å². The molecule has 0 aliphatic heterocycles. The van der Waals surface area contributed by atoms with Gasteiger partial charge in [0, 0.05) is 43.4 Å². The first-order valence-electron chi connectivity index (χ1n) is 6.56. The highest BCUT2D eigenvalue weighted by Gasteiger charge is 2.09. The Morgan fingerprint density at radius 2 is 2.21 bits per heavy atom. The molecule has 0 bridgehead atoms. The van der Waals surface area contributed by atoms with E-state index in [9.17, 15) is 0 Å². The SMILES string of the molecule is CCN(CCO)c1cc(Br)ccc1CNCCOC. The molecule has 108 valence electrons. The molecular formula is C14H23BrN2O2. The first kappa shape index (κ1) is 16.4. The van der Waals surface area contributed by atoms with Gasteiger partial charge in [-0.3, -0.25) is 0 Å². The number of hydrogen-bond acceptors (Lipinski definition) is 4. The smallest absolute Gasteiger partial charge is 0.0606 e. The molecule has 0 saturated heterocycles. The molecule has 0 aliphatic rings. The summed E-state index contributed by atoms with van der Waals surface area (Å²) in [5.74, 6) is 0. The van der Waals surface area contributed by atoms with Crippen LogP contribution < -0.4 is 10.2 Å². The molecule has 1 rings (SSSR count). The molecule has 1 aromatic rings. The highest BCUT2D eigenvalue weighted by molar-refractivity contribution is 9.10.